The van der Waals surface area contributed by atoms with Crippen molar-refractivity contribution in [1.82, 2.24) is 14.9 Å². The van der Waals surface area contributed by atoms with Gasteiger partial charge in [-0.2, -0.15) is 0 Å². The zero-order chi connectivity index (χ0) is 17.5. The van der Waals surface area contributed by atoms with E-state index in [1.807, 2.05) is 30.3 Å². The van der Waals surface area contributed by atoms with Gasteiger partial charge in [-0.05, 0) is 18.4 Å². The van der Waals surface area contributed by atoms with E-state index >= 15 is 0 Å². The summed E-state index contributed by atoms with van der Waals surface area (Å²) >= 11 is 0. The van der Waals surface area contributed by atoms with Gasteiger partial charge in [0.15, 0.2) is 5.82 Å². The highest BCUT2D eigenvalue weighted by atomic mass is 19.1. The van der Waals surface area contributed by atoms with Gasteiger partial charge in [0.25, 0.3) is 0 Å². The molecule has 0 aliphatic carbocycles. The molecule has 2 heterocycles. The molecule has 1 atom stereocenters. The van der Waals surface area contributed by atoms with Crippen LogP contribution in [0.1, 0.15) is 18.4 Å². The third kappa shape index (κ3) is 5.22. The summed E-state index contributed by atoms with van der Waals surface area (Å²) in [5, 5.41) is 0. The molecular formula is C18H20FN3O3. The van der Waals surface area contributed by atoms with Gasteiger partial charge in [0.1, 0.15) is 12.7 Å². The minimum Gasteiger partial charge on any atom is -0.458 e. The minimum atomic E-state index is -0.511. The third-order valence-electron chi connectivity index (χ3n) is 3.94. The van der Waals surface area contributed by atoms with Crippen LogP contribution in [-0.4, -0.2) is 46.6 Å². The van der Waals surface area contributed by atoms with Crippen LogP contribution in [0.5, 0.6) is 6.01 Å². The molecular weight excluding hydrogens is 325 g/mol. The summed E-state index contributed by atoms with van der Waals surface area (Å²) in [6.45, 7) is 1.57. The molecule has 1 unspecified atom stereocenters. The van der Waals surface area contributed by atoms with Crippen molar-refractivity contribution in [2.75, 3.05) is 19.7 Å². The number of rotatable bonds is 6. The summed E-state index contributed by atoms with van der Waals surface area (Å²) in [6, 6.07) is 9.85. The highest BCUT2D eigenvalue weighted by Gasteiger charge is 2.25. The van der Waals surface area contributed by atoms with Crippen molar-refractivity contribution in [1.29, 1.82) is 0 Å². The largest absolute Gasteiger partial charge is 0.458 e. The first-order chi connectivity index (χ1) is 12.2. The number of nitrogens with zero attached hydrogens (tertiary/aromatic N) is 3. The predicted octanol–water partition coefficient (Wildman–Crippen LogP) is 2.20. The smallest absolute Gasteiger partial charge is 0.316 e. The number of piperidine rings is 1. The Morgan fingerprint density at radius 3 is 2.76 bits per heavy atom. The summed E-state index contributed by atoms with van der Waals surface area (Å²) in [5.41, 5.74) is 1.03. The predicted molar refractivity (Wildman–Crippen MR) is 88.3 cm³/mol. The lowest BCUT2D eigenvalue weighted by Crippen LogP contribution is -2.45. The molecule has 2 aromatic rings. The Labute approximate surface area is 145 Å². The van der Waals surface area contributed by atoms with Crippen molar-refractivity contribution in [3.63, 3.8) is 0 Å². The van der Waals surface area contributed by atoms with Crippen LogP contribution in [0, 0.1) is 5.82 Å². The average Bonchev–Trinajstić information content (AvgIpc) is 2.65. The number of carbonyl (C=O) groups excluding carboxylic acids is 1. The Balaban J connectivity index is 1.45. The number of amides is 1. The van der Waals surface area contributed by atoms with Crippen LogP contribution in [0.25, 0.3) is 0 Å². The molecule has 0 spiro atoms. The van der Waals surface area contributed by atoms with E-state index in [4.69, 9.17) is 9.47 Å². The molecule has 7 heteroatoms. The lowest BCUT2D eigenvalue weighted by molar-refractivity contribution is -0.139. The van der Waals surface area contributed by atoms with E-state index in [1.165, 1.54) is 0 Å². The first kappa shape index (κ1) is 17.3. The Bertz CT molecular complexity index is 682. The number of carbonyl (C=O) groups is 1. The second kappa shape index (κ2) is 8.53. The van der Waals surface area contributed by atoms with Gasteiger partial charge >= 0.3 is 6.01 Å². The monoisotopic (exact) mass is 345 g/mol. The van der Waals surface area contributed by atoms with Crippen molar-refractivity contribution in [2.45, 2.75) is 25.6 Å². The quantitative estimate of drug-likeness (QED) is 0.803. The molecule has 0 N–H and O–H groups in total. The van der Waals surface area contributed by atoms with E-state index in [1.54, 1.807) is 4.90 Å². The van der Waals surface area contributed by atoms with Gasteiger partial charge in [-0.3, -0.25) is 4.79 Å². The molecule has 1 saturated heterocycles. The van der Waals surface area contributed by atoms with Crippen molar-refractivity contribution >= 4 is 5.91 Å². The summed E-state index contributed by atoms with van der Waals surface area (Å²) in [4.78, 5) is 21.6. The normalized spacial score (nSPS) is 17.3. The molecule has 6 nitrogen and oxygen atoms in total. The molecule has 1 aliphatic rings. The summed E-state index contributed by atoms with van der Waals surface area (Å²) < 4.78 is 24.0. The summed E-state index contributed by atoms with van der Waals surface area (Å²) in [7, 11) is 0. The van der Waals surface area contributed by atoms with Gasteiger partial charge in [0.2, 0.25) is 5.91 Å². The molecule has 1 amide bonds. The van der Waals surface area contributed by atoms with Crippen LogP contribution in [-0.2, 0) is 16.1 Å². The average molecular weight is 345 g/mol. The van der Waals surface area contributed by atoms with E-state index in [9.17, 15) is 9.18 Å². The number of halogens is 1. The van der Waals surface area contributed by atoms with Crippen molar-refractivity contribution in [3.05, 3.63) is 54.1 Å². The van der Waals surface area contributed by atoms with Crippen LogP contribution in [0.15, 0.2) is 42.7 Å². The molecule has 1 aromatic heterocycles. The maximum absolute atomic E-state index is 12.8. The standard InChI is InChI=1S/C18H20FN3O3/c19-15-9-20-18(21-10-15)25-16-7-4-8-22(11-16)17(23)13-24-12-14-5-2-1-3-6-14/h1-3,5-6,9-10,16H,4,7-8,11-13H2. The molecule has 1 aromatic carbocycles. The molecule has 132 valence electrons. The first-order valence-corrected chi connectivity index (χ1v) is 8.24. The lowest BCUT2D eigenvalue weighted by Gasteiger charge is -2.32. The molecule has 0 saturated carbocycles. The van der Waals surface area contributed by atoms with Gasteiger partial charge < -0.3 is 14.4 Å². The van der Waals surface area contributed by atoms with Crippen LogP contribution in [0.2, 0.25) is 0 Å². The molecule has 0 radical (unpaired) electrons. The van der Waals surface area contributed by atoms with Crippen molar-refractivity contribution in [3.8, 4) is 6.01 Å². The van der Waals surface area contributed by atoms with E-state index in [0.29, 0.717) is 19.7 Å². The molecule has 25 heavy (non-hydrogen) atoms. The number of likely N-dealkylation sites (tertiary alicyclic amines) is 1. The lowest BCUT2D eigenvalue weighted by atomic mass is 10.1. The Kier molecular flexibility index (Phi) is 5.90. The minimum absolute atomic E-state index is 0.0364. The van der Waals surface area contributed by atoms with E-state index in [-0.39, 0.29) is 24.6 Å². The highest BCUT2D eigenvalue weighted by molar-refractivity contribution is 5.77. The fourth-order valence-corrected chi connectivity index (χ4v) is 2.69. The van der Waals surface area contributed by atoms with Crippen LogP contribution >= 0.6 is 0 Å². The molecule has 1 aliphatic heterocycles. The fourth-order valence-electron chi connectivity index (χ4n) is 2.69. The molecule has 3 rings (SSSR count). The molecule has 0 bridgehead atoms. The van der Waals surface area contributed by atoms with Crippen LogP contribution in [0.4, 0.5) is 4.39 Å². The molecule has 1 fully saturated rings. The fraction of sp³-hybridized carbons (Fsp3) is 0.389. The maximum atomic E-state index is 12.8. The van der Waals surface area contributed by atoms with Crippen molar-refractivity contribution in [2.24, 2.45) is 0 Å². The van der Waals surface area contributed by atoms with Gasteiger partial charge in [0.05, 0.1) is 25.5 Å². The Hall–Kier alpha value is -2.54. The number of benzene rings is 1. The number of aromatic nitrogens is 2. The van der Waals surface area contributed by atoms with E-state index in [2.05, 4.69) is 9.97 Å². The van der Waals surface area contributed by atoms with Crippen LogP contribution < -0.4 is 4.74 Å². The van der Waals surface area contributed by atoms with Gasteiger partial charge in [-0.25, -0.2) is 14.4 Å². The van der Waals surface area contributed by atoms with Gasteiger partial charge in [-0.1, -0.05) is 30.3 Å². The van der Waals surface area contributed by atoms with Crippen LogP contribution in [0.3, 0.4) is 0 Å². The zero-order valence-electron chi connectivity index (χ0n) is 13.8. The first-order valence-electron chi connectivity index (χ1n) is 8.24. The number of hydrogen-bond acceptors (Lipinski definition) is 5. The Morgan fingerprint density at radius 1 is 1.24 bits per heavy atom. The second-order valence-electron chi connectivity index (χ2n) is 5.88. The van der Waals surface area contributed by atoms with Crippen molar-refractivity contribution < 1.29 is 18.7 Å². The van der Waals surface area contributed by atoms with E-state index in [0.717, 1.165) is 30.8 Å². The topological polar surface area (TPSA) is 64.5 Å². The van der Waals surface area contributed by atoms with Gasteiger partial charge in [0, 0.05) is 6.54 Å². The van der Waals surface area contributed by atoms with Gasteiger partial charge in [-0.15, -0.1) is 0 Å². The highest BCUT2D eigenvalue weighted by Crippen LogP contribution is 2.15. The third-order valence-corrected chi connectivity index (χ3v) is 3.94. The summed E-state index contributed by atoms with van der Waals surface area (Å²) in [5.74, 6) is -0.576. The zero-order valence-corrected chi connectivity index (χ0v) is 13.8. The Morgan fingerprint density at radius 2 is 2.00 bits per heavy atom. The summed E-state index contributed by atoms with van der Waals surface area (Å²) in [6.07, 6.45) is 3.56. The number of ether oxygens (including phenoxy) is 2. The maximum Gasteiger partial charge on any atom is 0.316 e. The van der Waals surface area contributed by atoms with E-state index < -0.39 is 5.82 Å². The SMILES string of the molecule is O=C(COCc1ccccc1)N1CCCC(Oc2ncc(F)cn2)C1. The second-order valence-corrected chi connectivity index (χ2v) is 5.88. The number of hydrogen-bond donors (Lipinski definition) is 0.